The predicted molar refractivity (Wildman–Crippen MR) is 92.8 cm³/mol. The molecular weight excluding hydrogens is 325 g/mol. The van der Waals surface area contributed by atoms with Gasteiger partial charge in [0.2, 0.25) is 0 Å². The fourth-order valence-electron chi connectivity index (χ4n) is 2.36. The van der Waals surface area contributed by atoms with Crippen LogP contribution >= 0.6 is 34.8 Å². The molecule has 0 bridgehead atoms. The summed E-state index contributed by atoms with van der Waals surface area (Å²) in [4.78, 5) is 0. The van der Waals surface area contributed by atoms with Crippen LogP contribution in [-0.4, -0.2) is 12.6 Å². The third kappa shape index (κ3) is 5.19. The van der Waals surface area contributed by atoms with E-state index in [1.807, 2.05) is 30.3 Å². The maximum Gasteiger partial charge on any atom is 0.0595 e. The Kier molecular flexibility index (Phi) is 6.38. The molecule has 1 atom stereocenters. The average molecular weight is 343 g/mol. The van der Waals surface area contributed by atoms with E-state index in [1.54, 1.807) is 0 Å². The molecule has 1 N–H and O–H groups in total. The van der Waals surface area contributed by atoms with Gasteiger partial charge in [-0.2, -0.15) is 0 Å². The maximum absolute atomic E-state index is 6.08. The molecule has 0 aliphatic carbocycles. The summed E-state index contributed by atoms with van der Waals surface area (Å²) in [6.07, 6.45) is 1.86. The van der Waals surface area contributed by atoms with Crippen LogP contribution in [0.5, 0.6) is 0 Å². The van der Waals surface area contributed by atoms with Crippen LogP contribution in [0.2, 0.25) is 15.1 Å². The normalized spacial score (nSPS) is 12.4. The fourth-order valence-corrected chi connectivity index (χ4v) is 2.81. The number of nitrogens with one attached hydrogen (secondary N) is 1. The predicted octanol–water partition coefficient (Wildman–Crippen LogP) is 5.41. The number of likely N-dealkylation sites (N-methyl/N-ethyl adjacent to an activating group) is 1. The summed E-state index contributed by atoms with van der Waals surface area (Å²) in [5.74, 6) is 0. The van der Waals surface area contributed by atoms with E-state index in [4.69, 9.17) is 34.8 Å². The van der Waals surface area contributed by atoms with Crippen molar-refractivity contribution in [1.29, 1.82) is 0 Å². The third-order valence-corrected chi connectivity index (χ3v) is 4.35. The van der Waals surface area contributed by atoms with Crippen molar-refractivity contribution in [3.05, 3.63) is 68.7 Å². The van der Waals surface area contributed by atoms with Gasteiger partial charge in [-0.15, -0.1) is 0 Å². The largest absolute Gasteiger partial charge is 0.314 e. The van der Waals surface area contributed by atoms with Gasteiger partial charge in [-0.3, -0.25) is 0 Å². The second-order valence-corrected chi connectivity index (χ2v) is 6.29. The Labute approximate surface area is 141 Å². The molecule has 0 radical (unpaired) electrons. The van der Waals surface area contributed by atoms with Gasteiger partial charge in [-0.25, -0.2) is 0 Å². The average Bonchev–Trinajstić information content (AvgIpc) is 2.46. The summed E-state index contributed by atoms with van der Waals surface area (Å²) in [5, 5.41) is 5.49. The SMILES string of the molecule is CCNC(Cc1ccc(Cl)cc1)Cc1ccc(Cl)c(Cl)c1. The molecule has 0 aromatic heterocycles. The summed E-state index contributed by atoms with van der Waals surface area (Å²) < 4.78 is 0. The molecule has 21 heavy (non-hydrogen) atoms. The molecule has 2 aromatic carbocycles. The molecule has 0 saturated heterocycles. The van der Waals surface area contributed by atoms with Gasteiger partial charge in [0.25, 0.3) is 0 Å². The quantitative estimate of drug-likeness (QED) is 0.740. The van der Waals surface area contributed by atoms with Crippen LogP contribution in [0.3, 0.4) is 0 Å². The molecule has 0 spiro atoms. The minimum atomic E-state index is 0.355. The number of hydrogen-bond donors (Lipinski definition) is 1. The van der Waals surface area contributed by atoms with Crippen LogP contribution in [0.1, 0.15) is 18.1 Å². The zero-order valence-electron chi connectivity index (χ0n) is 11.9. The van der Waals surface area contributed by atoms with E-state index in [1.165, 1.54) is 11.1 Å². The highest BCUT2D eigenvalue weighted by Gasteiger charge is 2.10. The first-order valence-corrected chi connectivity index (χ1v) is 8.13. The molecular formula is C17H18Cl3N. The van der Waals surface area contributed by atoms with Crippen molar-refractivity contribution in [3.63, 3.8) is 0 Å². The van der Waals surface area contributed by atoms with E-state index >= 15 is 0 Å². The monoisotopic (exact) mass is 341 g/mol. The van der Waals surface area contributed by atoms with Gasteiger partial charge in [0.15, 0.2) is 0 Å². The highest BCUT2D eigenvalue weighted by molar-refractivity contribution is 6.42. The number of benzene rings is 2. The Morgan fingerprint density at radius 1 is 0.857 bits per heavy atom. The van der Waals surface area contributed by atoms with Crippen molar-refractivity contribution in [2.75, 3.05) is 6.54 Å². The van der Waals surface area contributed by atoms with Crippen molar-refractivity contribution >= 4 is 34.8 Å². The lowest BCUT2D eigenvalue weighted by Crippen LogP contribution is -2.33. The van der Waals surface area contributed by atoms with Crippen molar-refractivity contribution in [1.82, 2.24) is 5.32 Å². The second-order valence-electron chi connectivity index (χ2n) is 5.04. The third-order valence-electron chi connectivity index (χ3n) is 3.35. The van der Waals surface area contributed by atoms with Gasteiger partial charge in [0.1, 0.15) is 0 Å². The Morgan fingerprint density at radius 2 is 1.48 bits per heavy atom. The van der Waals surface area contributed by atoms with Crippen molar-refractivity contribution < 1.29 is 0 Å². The van der Waals surface area contributed by atoms with Crippen molar-refractivity contribution in [3.8, 4) is 0 Å². The zero-order valence-corrected chi connectivity index (χ0v) is 14.1. The highest BCUT2D eigenvalue weighted by atomic mass is 35.5. The fraction of sp³-hybridized carbons (Fsp3) is 0.294. The first-order chi connectivity index (χ1) is 10.1. The van der Waals surface area contributed by atoms with Crippen LogP contribution in [0.4, 0.5) is 0 Å². The lowest BCUT2D eigenvalue weighted by atomic mass is 9.99. The van der Waals surface area contributed by atoms with Gasteiger partial charge >= 0.3 is 0 Å². The number of hydrogen-bond acceptors (Lipinski definition) is 1. The highest BCUT2D eigenvalue weighted by Crippen LogP contribution is 2.23. The molecule has 0 aliphatic heterocycles. The van der Waals surface area contributed by atoms with Crippen LogP contribution < -0.4 is 5.32 Å². The van der Waals surface area contributed by atoms with Gasteiger partial charge in [-0.1, -0.05) is 59.9 Å². The van der Waals surface area contributed by atoms with E-state index in [9.17, 15) is 0 Å². The van der Waals surface area contributed by atoms with Crippen LogP contribution in [-0.2, 0) is 12.8 Å². The Balaban J connectivity index is 2.07. The Hall–Kier alpha value is -0.730. The summed E-state index contributed by atoms with van der Waals surface area (Å²) in [5.41, 5.74) is 2.45. The van der Waals surface area contributed by atoms with Crippen LogP contribution in [0, 0.1) is 0 Å². The zero-order chi connectivity index (χ0) is 15.2. The molecule has 0 fully saturated rings. The number of rotatable bonds is 6. The topological polar surface area (TPSA) is 12.0 Å². The van der Waals surface area contributed by atoms with Gasteiger partial charge < -0.3 is 5.32 Å². The summed E-state index contributed by atoms with van der Waals surface area (Å²) in [6, 6.07) is 14.2. The molecule has 0 saturated carbocycles. The number of halogens is 3. The maximum atomic E-state index is 6.08. The standard InChI is InChI=1S/C17H18Cl3N/c1-2-21-15(9-12-3-6-14(18)7-4-12)10-13-5-8-16(19)17(20)11-13/h3-8,11,15,21H,2,9-10H2,1H3. The van der Waals surface area contributed by atoms with E-state index < -0.39 is 0 Å². The molecule has 2 rings (SSSR count). The summed E-state index contributed by atoms with van der Waals surface area (Å²) >= 11 is 18.0. The van der Waals surface area contributed by atoms with Gasteiger partial charge in [-0.05, 0) is 54.8 Å². The van der Waals surface area contributed by atoms with E-state index in [0.717, 1.165) is 24.4 Å². The van der Waals surface area contributed by atoms with Crippen molar-refractivity contribution in [2.24, 2.45) is 0 Å². The first kappa shape index (κ1) is 16.6. The van der Waals surface area contributed by atoms with E-state index in [2.05, 4.69) is 24.4 Å². The van der Waals surface area contributed by atoms with E-state index in [-0.39, 0.29) is 0 Å². The minimum Gasteiger partial charge on any atom is -0.314 e. The van der Waals surface area contributed by atoms with Gasteiger partial charge in [0, 0.05) is 11.1 Å². The minimum absolute atomic E-state index is 0.355. The lowest BCUT2D eigenvalue weighted by Gasteiger charge is -2.18. The Morgan fingerprint density at radius 3 is 2.10 bits per heavy atom. The summed E-state index contributed by atoms with van der Waals surface area (Å²) in [6.45, 7) is 3.04. The lowest BCUT2D eigenvalue weighted by molar-refractivity contribution is 0.521. The Bertz CT molecular complexity index is 581. The molecule has 2 aromatic rings. The smallest absolute Gasteiger partial charge is 0.0595 e. The molecule has 1 nitrogen and oxygen atoms in total. The molecule has 112 valence electrons. The molecule has 1 unspecified atom stereocenters. The molecule has 0 aliphatic rings. The summed E-state index contributed by atoms with van der Waals surface area (Å²) in [7, 11) is 0. The van der Waals surface area contributed by atoms with E-state index in [0.29, 0.717) is 16.1 Å². The van der Waals surface area contributed by atoms with Crippen LogP contribution in [0.25, 0.3) is 0 Å². The van der Waals surface area contributed by atoms with Crippen LogP contribution in [0.15, 0.2) is 42.5 Å². The first-order valence-electron chi connectivity index (χ1n) is 7.00. The molecule has 0 amide bonds. The molecule has 4 heteroatoms. The van der Waals surface area contributed by atoms with Gasteiger partial charge in [0.05, 0.1) is 10.0 Å². The van der Waals surface area contributed by atoms with Crippen molar-refractivity contribution in [2.45, 2.75) is 25.8 Å². The molecule has 0 heterocycles. The second kappa shape index (κ2) is 8.05.